The van der Waals surface area contributed by atoms with Crippen molar-refractivity contribution in [2.45, 2.75) is 44.2 Å². The third-order valence-corrected chi connectivity index (χ3v) is 5.26. The van der Waals surface area contributed by atoms with Crippen molar-refractivity contribution in [3.63, 3.8) is 0 Å². The fourth-order valence-electron chi connectivity index (χ4n) is 1.98. The Balaban J connectivity index is 2.54. The molecule has 0 aliphatic rings. The van der Waals surface area contributed by atoms with Gasteiger partial charge in [0.15, 0.2) is 0 Å². The average molecular weight is 319 g/mol. The first-order valence-corrected chi connectivity index (χ1v) is 9.80. The van der Waals surface area contributed by atoms with Crippen molar-refractivity contribution in [1.29, 1.82) is 0 Å². The van der Waals surface area contributed by atoms with Crippen LogP contribution in [-0.4, -0.2) is 31.5 Å². The number of nitrogens with two attached hydrogens (primary N) is 1. The zero-order valence-electron chi connectivity index (χ0n) is 12.3. The summed E-state index contributed by atoms with van der Waals surface area (Å²) in [6, 6.07) is 1.65. The molecule has 0 radical (unpaired) electrons. The molecule has 0 aromatic carbocycles. The van der Waals surface area contributed by atoms with E-state index in [1.165, 1.54) is 0 Å². The van der Waals surface area contributed by atoms with Crippen molar-refractivity contribution in [1.82, 2.24) is 9.29 Å². The Morgan fingerprint density at radius 1 is 1.35 bits per heavy atom. The Bertz CT molecular complexity index is 476. The highest BCUT2D eigenvalue weighted by atomic mass is 32.2. The molecule has 1 heterocycles. The van der Waals surface area contributed by atoms with Gasteiger partial charge in [0.2, 0.25) is 10.0 Å². The lowest BCUT2D eigenvalue weighted by Crippen LogP contribution is -2.24. The van der Waals surface area contributed by atoms with Crippen LogP contribution in [0.5, 0.6) is 0 Å². The van der Waals surface area contributed by atoms with Gasteiger partial charge < -0.3 is 10.3 Å². The van der Waals surface area contributed by atoms with Crippen LogP contribution in [0.15, 0.2) is 17.2 Å². The lowest BCUT2D eigenvalue weighted by molar-refractivity contribution is 0.576. The Labute approximate surface area is 126 Å². The molecule has 5 nitrogen and oxygen atoms in total. The van der Waals surface area contributed by atoms with E-state index in [2.05, 4.69) is 11.0 Å². The summed E-state index contributed by atoms with van der Waals surface area (Å²) in [6.45, 7) is 3.52. The lowest BCUT2D eigenvalue weighted by atomic mass is 10.2. The fraction of sp³-hybridized carbons (Fsp3) is 0.692. The first-order valence-electron chi connectivity index (χ1n) is 6.93. The minimum absolute atomic E-state index is 0.309. The first kappa shape index (κ1) is 17.6. The third-order valence-electron chi connectivity index (χ3n) is 3.14. The van der Waals surface area contributed by atoms with Gasteiger partial charge in [0.05, 0.1) is 4.90 Å². The van der Waals surface area contributed by atoms with E-state index >= 15 is 0 Å². The maximum Gasteiger partial charge on any atom is 0.242 e. The molecule has 0 spiro atoms. The van der Waals surface area contributed by atoms with Gasteiger partial charge in [-0.25, -0.2) is 13.1 Å². The largest absolute Gasteiger partial charge is 0.349 e. The number of hydrogen-bond donors (Lipinski definition) is 2. The number of hydrogen-bond acceptors (Lipinski definition) is 4. The van der Waals surface area contributed by atoms with Crippen LogP contribution < -0.4 is 10.5 Å². The van der Waals surface area contributed by atoms with Crippen LogP contribution in [0.25, 0.3) is 0 Å². The van der Waals surface area contributed by atoms with Gasteiger partial charge >= 0.3 is 0 Å². The summed E-state index contributed by atoms with van der Waals surface area (Å²) in [5.74, 6) is 1.13. The monoisotopic (exact) mass is 319 g/mol. The van der Waals surface area contributed by atoms with E-state index in [0.717, 1.165) is 37.3 Å². The molecule has 0 aliphatic heterocycles. The summed E-state index contributed by atoms with van der Waals surface area (Å²) in [6.07, 6.45) is 6.78. The summed E-state index contributed by atoms with van der Waals surface area (Å²) in [5.41, 5.74) is 6.45. The van der Waals surface area contributed by atoms with Crippen LogP contribution in [0, 0.1) is 0 Å². The van der Waals surface area contributed by atoms with Crippen molar-refractivity contribution >= 4 is 21.8 Å². The molecule has 0 aliphatic carbocycles. The van der Waals surface area contributed by atoms with E-state index in [1.807, 2.05) is 23.3 Å². The van der Waals surface area contributed by atoms with Gasteiger partial charge in [-0.2, -0.15) is 11.8 Å². The second-order valence-corrected chi connectivity index (χ2v) is 7.36. The van der Waals surface area contributed by atoms with E-state index in [1.54, 1.807) is 12.3 Å². The number of nitrogens with zero attached hydrogens (tertiary/aromatic N) is 1. The molecule has 0 saturated carbocycles. The summed E-state index contributed by atoms with van der Waals surface area (Å²) < 4.78 is 28.8. The van der Waals surface area contributed by atoms with Crippen LogP contribution in [0.2, 0.25) is 0 Å². The molecule has 1 rings (SSSR count). The summed E-state index contributed by atoms with van der Waals surface area (Å²) in [5, 5.41) is 0. The van der Waals surface area contributed by atoms with Crippen LogP contribution >= 0.6 is 11.8 Å². The molecular weight excluding hydrogens is 294 g/mol. The molecule has 0 atom stereocenters. The van der Waals surface area contributed by atoms with E-state index < -0.39 is 10.0 Å². The van der Waals surface area contributed by atoms with Crippen LogP contribution in [0.1, 0.15) is 31.9 Å². The maximum atomic E-state index is 12.1. The molecule has 0 saturated heterocycles. The normalized spacial score (nSPS) is 11.9. The number of sulfonamides is 1. The molecule has 0 unspecified atom stereocenters. The Kier molecular flexibility index (Phi) is 7.65. The average Bonchev–Trinajstić information content (AvgIpc) is 2.86. The van der Waals surface area contributed by atoms with Crippen LogP contribution in [0.4, 0.5) is 0 Å². The van der Waals surface area contributed by atoms with Gasteiger partial charge in [-0.05, 0) is 37.8 Å². The predicted octanol–water partition coefficient (Wildman–Crippen LogP) is 1.78. The van der Waals surface area contributed by atoms with Crippen molar-refractivity contribution in [3.05, 3.63) is 18.0 Å². The minimum Gasteiger partial charge on any atom is -0.349 e. The van der Waals surface area contributed by atoms with E-state index in [9.17, 15) is 8.42 Å². The Hall–Kier alpha value is -0.500. The fourth-order valence-corrected chi connectivity index (χ4v) is 3.61. The second-order valence-electron chi connectivity index (χ2n) is 4.61. The minimum atomic E-state index is -3.41. The highest BCUT2D eigenvalue weighted by Crippen LogP contribution is 2.14. The van der Waals surface area contributed by atoms with Gasteiger partial charge in [-0.1, -0.05) is 6.42 Å². The summed E-state index contributed by atoms with van der Waals surface area (Å²) in [7, 11) is -3.41. The molecule has 7 heteroatoms. The molecule has 0 amide bonds. The van der Waals surface area contributed by atoms with E-state index in [4.69, 9.17) is 5.73 Å². The molecule has 20 heavy (non-hydrogen) atoms. The molecule has 116 valence electrons. The molecule has 0 bridgehead atoms. The number of nitrogens with one attached hydrogen (secondary N) is 1. The molecule has 1 aromatic rings. The van der Waals surface area contributed by atoms with Crippen LogP contribution in [-0.2, 0) is 23.1 Å². The number of aryl methyl sites for hydroxylation is 1. The smallest absolute Gasteiger partial charge is 0.242 e. The Morgan fingerprint density at radius 3 is 2.65 bits per heavy atom. The topological polar surface area (TPSA) is 77.1 Å². The van der Waals surface area contributed by atoms with Gasteiger partial charge in [0, 0.05) is 31.5 Å². The lowest BCUT2D eigenvalue weighted by Gasteiger charge is -2.04. The number of aromatic nitrogens is 1. The molecular formula is C13H25N3O2S2. The quantitative estimate of drug-likeness (QED) is 0.645. The van der Waals surface area contributed by atoms with Gasteiger partial charge in [0.25, 0.3) is 0 Å². The first-order chi connectivity index (χ1) is 9.55. The van der Waals surface area contributed by atoms with Crippen LogP contribution in [0.3, 0.4) is 0 Å². The number of rotatable bonds is 10. The molecule has 1 aromatic heterocycles. The zero-order chi connectivity index (χ0) is 15.0. The van der Waals surface area contributed by atoms with Crippen molar-refractivity contribution in [3.8, 4) is 0 Å². The number of thioether (sulfide) groups is 1. The van der Waals surface area contributed by atoms with Gasteiger partial charge in [0.1, 0.15) is 0 Å². The molecule has 0 fully saturated rings. The highest BCUT2D eigenvalue weighted by Gasteiger charge is 2.16. The van der Waals surface area contributed by atoms with E-state index in [0.29, 0.717) is 18.0 Å². The van der Waals surface area contributed by atoms with Crippen molar-refractivity contribution < 1.29 is 8.42 Å². The highest BCUT2D eigenvalue weighted by molar-refractivity contribution is 7.98. The molecule has 3 N–H and O–H groups in total. The van der Waals surface area contributed by atoms with Gasteiger partial charge in [-0.15, -0.1) is 0 Å². The maximum absolute atomic E-state index is 12.1. The standard InChI is InChI=1S/C13H25N3O2S2/c1-3-16-11-13(9-12(16)10-14)20(17,18)15-7-5-4-6-8-19-2/h9,11,15H,3-8,10,14H2,1-2H3. The second kappa shape index (κ2) is 8.71. The summed E-state index contributed by atoms with van der Waals surface area (Å²) in [4.78, 5) is 0.309. The van der Waals surface area contributed by atoms with Crippen molar-refractivity contribution in [2.24, 2.45) is 5.73 Å². The number of unbranched alkanes of at least 4 members (excludes halogenated alkanes) is 2. The predicted molar refractivity (Wildman–Crippen MR) is 85.4 cm³/mol. The van der Waals surface area contributed by atoms with Crippen molar-refractivity contribution in [2.75, 3.05) is 18.6 Å². The van der Waals surface area contributed by atoms with Gasteiger partial charge in [-0.3, -0.25) is 0 Å². The summed E-state index contributed by atoms with van der Waals surface area (Å²) >= 11 is 1.82. The SMILES string of the molecule is CCn1cc(S(=O)(=O)NCCCCCSC)cc1CN. The zero-order valence-corrected chi connectivity index (χ0v) is 13.9. The van der Waals surface area contributed by atoms with E-state index in [-0.39, 0.29) is 0 Å². The third kappa shape index (κ3) is 5.12. The Morgan fingerprint density at radius 2 is 2.10 bits per heavy atom.